The van der Waals surface area contributed by atoms with E-state index in [1.165, 1.54) is 0 Å². The van der Waals surface area contributed by atoms with Crippen LogP contribution in [0.2, 0.25) is 0 Å². The van der Waals surface area contributed by atoms with E-state index in [0.29, 0.717) is 6.08 Å². The summed E-state index contributed by atoms with van der Waals surface area (Å²) in [4.78, 5) is 18.7. The van der Waals surface area contributed by atoms with Crippen molar-refractivity contribution in [3.63, 3.8) is 0 Å². The van der Waals surface area contributed by atoms with Crippen LogP contribution in [0.25, 0.3) is 0 Å². The van der Waals surface area contributed by atoms with Gasteiger partial charge in [-0.25, -0.2) is 4.79 Å². The number of carboxylic acid groups (broad SMARTS) is 1. The van der Waals surface area contributed by atoms with Crippen LogP contribution < -0.4 is 0 Å². The Labute approximate surface area is 50.8 Å². The van der Waals surface area contributed by atoms with E-state index < -0.39 is 10.9 Å². The Balaban J connectivity index is 4.17. The van der Waals surface area contributed by atoms with E-state index in [1.54, 1.807) is 0 Å². The van der Waals surface area contributed by atoms with Crippen LogP contribution in [-0.4, -0.2) is 16.0 Å². The molecular formula is C4H5NO4. The third-order valence-electron chi connectivity index (χ3n) is 0.620. The fourth-order valence-corrected chi connectivity index (χ4v) is 0.231. The van der Waals surface area contributed by atoms with Gasteiger partial charge in [-0.2, -0.15) is 0 Å². The van der Waals surface area contributed by atoms with E-state index in [1.807, 2.05) is 0 Å². The first-order valence-corrected chi connectivity index (χ1v) is 2.09. The summed E-state index contributed by atoms with van der Waals surface area (Å²) >= 11 is 0. The van der Waals surface area contributed by atoms with E-state index in [-0.39, 0.29) is 5.70 Å². The van der Waals surface area contributed by atoms with Gasteiger partial charge in [-0.05, 0) is 0 Å². The molecule has 50 valence electrons. The largest absolute Gasteiger partial charge is 0.478 e. The Morgan fingerprint density at radius 2 is 2.22 bits per heavy atom. The van der Waals surface area contributed by atoms with E-state index in [4.69, 9.17) is 5.11 Å². The van der Waals surface area contributed by atoms with Gasteiger partial charge in [-0.1, -0.05) is 0 Å². The van der Waals surface area contributed by atoms with Crippen LogP contribution in [0.5, 0.6) is 0 Å². The minimum Gasteiger partial charge on any atom is -0.478 e. The second-order valence-electron chi connectivity index (χ2n) is 1.38. The number of aliphatic carboxylic acids is 1. The Bertz CT molecular complexity index is 171. The first kappa shape index (κ1) is 7.61. The fourth-order valence-electron chi connectivity index (χ4n) is 0.231. The molecule has 0 rings (SSSR count). The van der Waals surface area contributed by atoms with Crippen molar-refractivity contribution in [2.24, 2.45) is 0 Å². The number of nitro groups is 1. The lowest BCUT2D eigenvalue weighted by Crippen LogP contribution is -1.98. The lowest BCUT2D eigenvalue weighted by molar-refractivity contribution is -0.424. The summed E-state index contributed by atoms with van der Waals surface area (Å²) in [6.45, 7) is 1.12. The van der Waals surface area contributed by atoms with Crippen molar-refractivity contribution in [1.29, 1.82) is 0 Å². The minimum atomic E-state index is -1.30. The minimum absolute atomic E-state index is 0.373. The van der Waals surface area contributed by atoms with Crippen molar-refractivity contribution in [3.8, 4) is 0 Å². The maximum absolute atomic E-state index is 9.73. The van der Waals surface area contributed by atoms with E-state index >= 15 is 0 Å². The summed E-state index contributed by atoms with van der Waals surface area (Å²) in [5.74, 6) is -1.30. The molecule has 0 fully saturated rings. The second-order valence-corrected chi connectivity index (χ2v) is 1.38. The number of rotatable bonds is 2. The van der Waals surface area contributed by atoms with Crippen molar-refractivity contribution in [2.75, 3.05) is 0 Å². The monoisotopic (exact) mass is 131 g/mol. The predicted molar refractivity (Wildman–Crippen MR) is 28.4 cm³/mol. The lowest BCUT2D eigenvalue weighted by Gasteiger charge is -1.83. The number of hydrogen-bond acceptors (Lipinski definition) is 3. The molecule has 0 radical (unpaired) electrons. The smallest absolute Gasteiger partial charge is 0.334 e. The number of allylic oxidation sites excluding steroid dienone is 1. The summed E-state index contributed by atoms with van der Waals surface area (Å²) < 4.78 is 0. The van der Waals surface area contributed by atoms with Crippen LogP contribution in [0.1, 0.15) is 6.92 Å². The highest BCUT2D eigenvalue weighted by atomic mass is 16.6. The summed E-state index contributed by atoms with van der Waals surface area (Å²) in [6.07, 6.45) is 0.542. The molecule has 1 N–H and O–H groups in total. The third kappa shape index (κ3) is 3.22. The van der Waals surface area contributed by atoms with Crippen LogP contribution in [0.3, 0.4) is 0 Å². The quantitative estimate of drug-likeness (QED) is 0.331. The van der Waals surface area contributed by atoms with Gasteiger partial charge in [-0.15, -0.1) is 0 Å². The lowest BCUT2D eigenvalue weighted by atomic mass is 10.4. The van der Waals surface area contributed by atoms with Crippen molar-refractivity contribution in [1.82, 2.24) is 0 Å². The average molecular weight is 131 g/mol. The van der Waals surface area contributed by atoms with Gasteiger partial charge in [0.2, 0.25) is 5.70 Å². The molecule has 0 saturated heterocycles. The summed E-state index contributed by atoms with van der Waals surface area (Å²) in [5.41, 5.74) is -0.373. The van der Waals surface area contributed by atoms with Crippen LogP contribution in [0.15, 0.2) is 11.8 Å². The van der Waals surface area contributed by atoms with Crippen molar-refractivity contribution >= 4 is 5.97 Å². The number of carbonyl (C=O) groups is 1. The van der Waals surface area contributed by atoms with Crippen LogP contribution in [0, 0.1) is 10.1 Å². The molecule has 0 amide bonds. The molecule has 0 aliphatic rings. The normalized spacial score (nSPS) is 11.0. The Morgan fingerprint density at radius 3 is 2.33 bits per heavy atom. The molecule has 0 aliphatic heterocycles. The van der Waals surface area contributed by atoms with Gasteiger partial charge < -0.3 is 5.11 Å². The van der Waals surface area contributed by atoms with Gasteiger partial charge in [0, 0.05) is 6.92 Å². The Hall–Kier alpha value is -1.39. The zero-order valence-electron chi connectivity index (χ0n) is 4.70. The Kier molecular flexibility index (Phi) is 2.37. The molecule has 9 heavy (non-hydrogen) atoms. The van der Waals surface area contributed by atoms with E-state index in [2.05, 4.69) is 0 Å². The zero-order valence-corrected chi connectivity index (χ0v) is 4.70. The molecule has 0 aromatic rings. The first-order chi connectivity index (χ1) is 4.04. The van der Waals surface area contributed by atoms with Gasteiger partial charge >= 0.3 is 5.97 Å². The molecule has 0 aromatic carbocycles. The van der Waals surface area contributed by atoms with Crippen LogP contribution >= 0.6 is 0 Å². The molecule has 5 nitrogen and oxygen atoms in total. The standard InChI is InChI=1S/C4H5NO4/c1-3(5(8)9)2-4(6)7/h2H,1H3,(H,6,7). The molecule has 5 heteroatoms. The van der Waals surface area contributed by atoms with Crippen molar-refractivity contribution in [3.05, 3.63) is 21.9 Å². The molecule has 0 spiro atoms. The van der Waals surface area contributed by atoms with Crippen LogP contribution in [-0.2, 0) is 4.79 Å². The second kappa shape index (κ2) is 2.81. The Morgan fingerprint density at radius 1 is 1.78 bits per heavy atom. The number of hydrogen-bond donors (Lipinski definition) is 1. The van der Waals surface area contributed by atoms with Gasteiger partial charge in [0.15, 0.2) is 0 Å². The molecule has 0 bridgehead atoms. The SMILES string of the molecule is CC(=CC(=O)O)[N+](=O)[O-]. The topological polar surface area (TPSA) is 80.4 Å². The predicted octanol–water partition coefficient (Wildman–Crippen LogP) is 0.252. The van der Waals surface area contributed by atoms with Gasteiger partial charge in [0.1, 0.15) is 0 Å². The van der Waals surface area contributed by atoms with Gasteiger partial charge in [0.25, 0.3) is 0 Å². The molecule has 0 saturated carbocycles. The van der Waals surface area contributed by atoms with Crippen LogP contribution in [0.4, 0.5) is 0 Å². The maximum Gasteiger partial charge on any atom is 0.334 e. The number of carboxylic acids is 1. The summed E-state index contributed by atoms with van der Waals surface area (Å²) in [7, 11) is 0. The summed E-state index contributed by atoms with van der Waals surface area (Å²) in [5, 5.41) is 17.7. The van der Waals surface area contributed by atoms with Gasteiger partial charge in [-0.3, -0.25) is 10.1 Å². The maximum atomic E-state index is 9.73. The first-order valence-electron chi connectivity index (χ1n) is 2.09. The molecular weight excluding hydrogens is 126 g/mol. The third-order valence-corrected chi connectivity index (χ3v) is 0.620. The molecule has 0 unspecified atom stereocenters. The highest BCUT2D eigenvalue weighted by Crippen LogP contribution is 1.90. The fraction of sp³-hybridized carbons (Fsp3) is 0.250. The highest BCUT2D eigenvalue weighted by Gasteiger charge is 2.03. The molecule has 0 heterocycles. The molecule has 0 atom stereocenters. The highest BCUT2D eigenvalue weighted by molar-refractivity contribution is 5.80. The molecule has 0 aromatic heterocycles. The van der Waals surface area contributed by atoms with Crippen molar-refractivity contribution < 1.29 is 14.8 Å². The summed E-state index contributed by atoms with van der Waals surface area (Å²) in [6, 6.07) is 0. The van der Waals surface area contributed by atoms with E-state index in [0.717, 1.165) is 6.92 Å². The van der Waals surface area contributed by atoms with E-state index in [9.17, 15) is 14.9 Å². The molecule has 0 aliphatic carbocycles. The van der Waals surface area contributed by atoms with Gasteiger partial charge in [0.05, 0.1) is 11.0 Å². The zero-order chi connectivity index (χ0) is 7.44. The average Bonchev–Trinajstić information content (AvgIpc) is 1.63. The number of nitrogens with zero attached hydrogens (tertiary/aromatic N) is 1. The van der Waals surface area contributed by atoms with Crippen molar-refractivity contribution in [2.45, 2.75) is 6.92 Å².